The van der Waals surface area contributed by atoms with Crippen LogP contribution in [0.15, 0.2) is 47.4 Å². The van der Waals surface area contributed by atoms with E-state index in [-0.39, 0.29) is 10.8 Å². The van der Waals surface area contributed by atoms with Gasteiger partial charge in [-0.2, -0.15) is 4.31 Å². The molecule has 174 valence electrons. The Morgan fingerprint density at radius 2 is 1.62 bits per heavy atom. The van der Waals surface area contributed by atoms with Crippen LogP contribution in [-0.4, -0.2) is 58.9 Å². The summed E-state index contributed by atoms with van der Waals surface area (Å²) >= 11 is 0. The van der Waals surface area contributed by atoms with Crippen molar-refractivity contribution in [2.45, 2.75) is 38.1 Å². The molecule has 1 N–H and O–H groups in total. The van der Waals surface area contributed by atoms with Crippen molar-refractivity contribution < 1.29 is 13.2 Å². The molecule has 0 atom stereocenters. The second-order valence-electron chi connectivity index (χ2n) is 8.21. The number of amides is 1. The van der Waals surface area contributed by atoms with Crippen molar-refractivity contribution >= 4 is 27.3 Å². The smallest absolute Gasteiger partial charge is 0.253 e. The van der Waals surface area contributed by atoms with E-state index >= 15 is 0 Å². The molecule has 32 heavy (non-hydrogen) atoms. The zero-order chi connectivity index (χ0) is 23.3. The summed E-state index contributed by atoms with van der Waals surface area (Å²) in [6.45, 7) is 6.51. The lowest BCUT2D eigenvalue weighted by Gasteiger charge is -2.23. The molecule has 1 aliphatic heterocycles. The summed E-state index contributed by atoms with van der Waals surface area (Å²) in [7, 11) is 0.317. The molecule has 0 aromatic heterocycles. The van der Waals surface area contributed by atoms with Gasteiger partial charge in [-0.1, -0.05) is 26.0 Å². The fraction of sp³-hybridized carbons (Fsp3) is 0.458. The fourth-order valence-corrected chi connectivity index (χ4v) is 5.48. The standard InChI is InChI=1S/C24H34N4O3S/c1-5-28(6-2)32(30,31)21-13-14-23(27-15-7-8-16-27)22(17-21)24(29)25-18-19-9-11-20(12-10-19)26(3)4/h9-14,17H,5-8,15-16,18H2,1-4H3,(H,25,29). The number of sulfonamides is 1. The number of hydrogen-bond acceptors (Lipinski definition) is 5. The van der Waals surface area contributed by atoms with Crippen LogP contribution in [0.1, 0.15) is 42.6 Å². The van der Waals surface area contributed by atoms with Crippen molar-refractivity contribution in [3.63, 3.8) is 0 Å². The van der Waals surface area contributed by atoms with Gasteiger partial charge in [0.15, 0.2) is 0 Å². The molecule has 1 fully saturated rings. The van der Waals surface area contributed by atoms with Gasteiger partial charge in [-0.25, -0.2) is 8.42 Å². The summed E-state index contributed by atoms with van der Waals surface area (Å²) in [6, 6.07) is 12.9. The third-order valence-electron chi connectivity index (χ3n) is 5.91. The van der Waals surface area contributed by atoms with Gasteiger partial charge < -0.3 is 15.1 Å². The first-order valence-corrected chi connectivity index (χ1v) is 12.7. The van der Waals surface area contributed by atoms with Crippen LogP contribution < -0.4 is 15.1 Å². The Kier molecular flexibility index (Phi) is 7.79. The van der Waals surface area contributed by atoms with Crippen LogP contribution >= 0.6 is 0 Å². The summed E-state index contributed by atoms with van der Waals surface area (Å²) < 4.78 is 27.5. The zero-order valence-electron chi connectivity index (χ0n) is 19.5. The molecule has 7 nitrogen and oxygen atoms in total. The molecular formula is C24H34N4O3S. The molecule has 8 heteroatoms. The Hall–Kier alpha value is -2.58. The Balaban J connectivity index is 1.88. The number of benzene rings is 2. The molecule has 0 bridgehead atoms. The molecule has 3 rings (SSSR count). The number of anilines is 2. The van der Waals surface area contributed by atoms with E-state index in [2.05, 4.69) is 10.2 Å². The van der Waals surface area contributed by atoms with Gasteiger partial charge in [0.05, 0.1) is 10.5 Å². The maximum atomic E-state index is 13.2. The summed E-state index contributed by atoms with van der Waals surface area (Å²) in [4.78, 5) is 17.5. The molecule has 1 aliphatic rings. The van der Waals surface area contributed by atoms with Crippen molar-refractivity contribution in [1.82, 2.24) is 9.62 Å². The number of carbonyl (C=O) groups excluding carboxylic acids is 1. The average Bonchev–Trinajstić information content (AvgIpc) is 3.32. The summed E-state index contributed by atoms with van der Waals surface area (Å²) in [5, 5.41) is 2.98. The first-order valence-electron chi connectivity index (χ1n) is 11.2. The molecule has 1 heterocycles. The Morgan fingerprint density at radius 1 is 1.00 bits per heavy atom. The Morgan fingerprint density at radius 3 is 2.19 bits per heavy atom. The topological polar surface area (TPSA) is 73.0 Å². The Bertz CT molecular complexity index is 1030. The molecule has 0 saturated carbocycles. The monoisotopic (exact) mass is 458 g/mol. The van der Waals surface area contributed by atoms with Crippen molar-refractivity contribution in [3.8, 4) is 0 Å². The number of rotatable bonds is 9. The fourth-order valence-electron chi connectivity index (χ4n) is 3.99. The molecule has 1 saturated heterocycles. The molecule has 1 amide bonds. The van der Waals surface area contributed by atoms with Gasteiger partial charge in [0, 0.05) is 58.2 Å². The minimum absolute atomic E-state index is 0.157. The van der Waals surface area contributed by atoms with Gasteiger partial charge in [-0.3, -0.25) is 4.79 Å². The van der Waals surface area contributed by atoms with Crippen LogP contribution in [0.4, 0.5) is 11.4 Å². The molecule has 0 radical (unpaired) electrons. The number of carbonyl (C=O) groups is 1. The first kappa shape index (κ1) is 24.1. The van der Waals surface area contributed by atoms with Crippen LogP contribution in [0.5, 0.6) is 0 Å². The molecule has 2 aromatic rings. The van der Waals surface area contributed by atoms with Crippen LogP contribution in [0.2, 0.25) is 0 Å². The normalized spacial score (nSPS) is 14.1. The highest BCUT2D eigenvalue weighted by Crippen LogP contribution is 2.28. The van der Waals surface area contributed by atoms with Gasteiger partial charge in [0.25, 0.3) is 5.91 Å². The molecule has 0 unspecified atom stereocenters. The van der Waals surface area contributed by atoms with Crippen molar-refractivity contribution in [3.05, 3.63) is 53.6 Å². The number of hydrogen-bond donors (Lipinski definition) is 1. The number of nitrogens with one attached hydrogen (secondary N) is 1. The lowest BCUT2D eigenvalue weighted by Crippen LogP contribution is -2.32. The largest absolute Gasteiger partial charge is 0.378 e. The van der Waals surface area contributed by atoms with Crippen LogP contribution in [0, 0.1) is 0 Å². The third-order valence-corrected chi connectivity index (χ3v) is 7.95. The van der Waals surface area contributed by atoms with Crippen molar-refractivity contribution in [1.29, 1.82) is 0 Å². The van der Waals surface area contributed by atoms with E-state index in [0.717, 1.165) is 42.9 Å². The zero-order valence-corrected chi connectivity index (χ0v) is 20.3. The Labute approximate surface area is 192 Å². The van der Waals surface area contributed by atoms with Crippen LogP contribution in [0.25, 0.3) is 0 Å². The third kappa shape index (κ3) is 5.24. The predicted octanol–water partition coefficient (Wildman–Crippen LogP) is 3.31. The average molecular weight is 459 g/mol. The van der Waals surface area contributed by atoms with Gasteiger partial charge >= 0.3 is 0 Å². The quantitative estimate of drug-likeness (QED) is 0.624. The molecule has 2 aromatic carbocycles. The second kappa shape index (κ2) is 10.4. The highest BCUT2D eigenvalue weighted by molar-refractivity contribution is 7.89. The SMILES string of the molecule is CCN(CC)S(=O)(=O)c1ccc(N2CCCC2)c(C(=O)NCc2ccc(N(C)C)cc2)c1. The van der Waals surface area contributed by atoms with E-state index < -0.39 is 10.0 Å². The minimum atomic E-state index is -3.65. The lowest BCUT2D eigenvalue weighted by atomic mass is 10.1. The van der Waals surface area contributed by atoms with E-state index in [0.29, 0.717) is 25.2 Å². The molecule has 0 spiro atoms. The lowest BCUT2D eigenvalue weighted by molar-refractivity contribution is 0.0951. The van der Waals surface area contributed by atoms with E-state index in [9.17, 15) is 13.2 Å². The van der Waals surface area contributed by atoms with Gasteiger partial charge in [0.2, 0.25) is 10.0 Å². The highest BCUT2D eigenvalue weighted by Gasteiger charge is 2.26. The van der Waals surface area contributed by atoms with E-state index in [1.54, 1.807) is 12.1 Å². The van der Waals surface area contributed by atoms with Gasteiger partial charge in [0.1, 0.15) is 0 Å². The van der Waals surface area contributed by atoms with Crippen molar-refractivity contribution in [2.24, 2.45) is 0 Å². The molecular weight excluding hydrogens is 424 g/mol. The highest BCUT2D eigenvalue weighted by atomic mass is 32.2. The maximum absolute atomic E-state index is 13.2. The summed E-state index contributed by atoms with van der Waals surface area (Å²) in [5.41, 5.74) is 3.27. The summed E-state index contributed by atoms with van der Waals surface area (Å²) in [6.07, 6.45) is 2.14. The van der Waals surface area contributed by atoms with E-state index in [1.807, 2.05) is 57.1 Å². The van der Waals surface area contributed by atoms with Gasteiger partial charge in [-0.05, 0) is 48.7 Å². The molecule has 0 aliphatic carbocycles. The van der Waals surface area contributed by atoms with Crippen LogP contribution in [-0.2, 0) is 16.6 Å². The van der Waals surface area contributed by atoms with E-state index in [1.165, 1.54) is 10.4 Å². The minimum Gasteiger partial charge on any atom is -0.378 e. The van der Waals surface area contributed by atoms with Crippen molar-refractivity contribution in [2.75, 3.05) is 50.1 Å². The first-order chi connectivity index (χ1) is 15.3. The van der Waals surface area contributed by atoms with E-state index in [4.69, 9.17) is 0 Å². The van der Waals surface area contributed by atoms with Gasteiger partial charge in [-0.15, -0.1) is 0 Å². The predicted molar refractivity (Wildman–Crippen MR) is 130 cm³/mol. The second-order valence-corrected chi connectivity index (χ2v) is 10.1. The number of nitrogens with zero attached hydrogens (tertiary/aromatic N) is 3. The maximum Gasteiger partial charge on any atom is 0.253 e. The summed E-state index contributed by atoms with van der Waals surface area (Å²) in [5.74, 6) is -0.264. The van der Waals surface area contributed by atoms with Crippen LogP contribution in [0.3, 0.4) is 0 Å².